The van der Waals surface area contributed by atoms with Gasteiger partial charge in [-0.25, -0.2) is 9.36 Å². The minimum absolute atomic E-state index is 0.195. The topological polar surface area (TPSA) is 48.3 Å². The van der Waals surface area contributed by atoms with E-state index >= 15 is 0 Å². The maximum Gasteiger partial charge on any atom is 0.421 e. The van der Waals surface area contributed by atoms with E-state index in [9.17, 15) is 9.59 Å². The van der Waals surface area contributed by atoms with Gasteiger partial charge in [-0.3, -0.25) is 4.79 Å². The van der Waals surface area contributed by atoms with Crippen LogP contribution >= 0.6 is 0 Å². The Balaban J connectivity index is 2.86. The van der Waals surface area contributed by atoms with Gasteiger partial charge in [0.2, 0.25) is 0 Å². The molecule has 2 rings (SSSR count). The molecule has 0 saturated heterocycles. The second-order valence-corrected chi connectivity index (χ2v) is 11.0. The lowest BCUT2D eigenvalue weighted by Crippen LogP contribution is -2.56. The number of pyridine rings is 1. The minimum Gasteiger partial charge on any atom is -0.449 e. The van der Waals surface area contributed by atoms with E-state index in [4.69, 9.17) is 4.74 Å². The van der Waals surface area contributed by atoms with Crippen LogP contribution in [0, 0.1) is 0 Å². The Morgan fingerprint density at radius 3 is 2.26 bits per heavy atom. The SMILES string of the molecule is CCOC(=O)n1c(=O)c([Si](CC)(CC)CC)cc2ccccc21. The monoisotopic (exact) mass is 331 g/mol. The van der Waals surface area contributed by atoms with Crippen LogP contribution in [-0.2, 0) is 4.74 Å². The van der Waals surface area contributed by atoms with Gasteiger partial charge in [0.15, 0.2) is 0 Å². The molecule has 0 aliphatic rings. The average Bonchev–Trinajstić information content (AvgIpc) is 2.57. The number of aromatic nitrogens is 1. The fourth-order valence-electron chi connectivity index (χ4n) is 3.33. The highest BCUT2D eigenvalue weighted by Crippen LogP contribution is 2.21. The highest BCUT2D eigenvalue weighted by Gasteiger charge is 2.33. The van der Waals surface area contributed by atoms with Gasteiger partial charge in [-0.2, -0.15) is 0 Å². The summed E-state index contributed by atoms with van der Waals surface area (Å²) < 4.78 is 6.34. The molecule has 0 spiro atoms. The Hall–Kier alpha value is -1.88. The van der Waals surface area contributed by atoms with Crippen molar-refractivity contribution in [3.8, 4) is 0 Å². The lowest BCUT2D eigenvalue weighted by molar-refractivity contribution is 0.154. The van der Waals surface area contributed by atoms with E-state index in [0.29, 0.717) is 5.52 Å². The third-order valence-corrected chi connectivity index (χ3v) is 10.5. The number of hydrogen-bond acceptors (Lipinski definition) is 3. The molecule has 0 bridgehead atoms. The fraction of sp³-hybridized carbons (Fsp3) is 0.444. The van der Waals surface area contributed by atoms with Crippen molar-refractivity contribution in [2.45, 2.75) is 45.8 Å². The van der Waals surface area contributed by atoms with Gasteiger partial charge < -0.3 is 4.74 Å². The number of rotatable bonds is 5. The second-order valence-electron chi connectivity index (χ2n) is 5.80. The highest BCUT2D eigenvalue weighted by molar-refractivity contribution is 6.91. The van der Waals surface area contributed by atoms with Crippen molar-refractivity contribution in [2.24, 2.45) is 0 Å². The van der Waals surface area contributed by atoms with Crippen LogP contribution in [-0.4, -0.2) is 25.3 Å². The van der Waals surface area contributed by atoms with Crippen molar-refractivity contribution in [3.63, 3.8) is 0 Å². The summed E-state index contributed by atoms with van der Waals surface area (Å²) in [6.07, 6.45) is -0.582. The number of fused-ring (bicyclic) bond motifs is 1. The lowest BCUT2D eigenvalue weighted by atomic mass is 10.2. The summed E-state index contributed by atoms with van der Waals surface area (Å²) in [7, 11) is -1.90. The van der Waals surface area contributed by atoms with Crippen LogP contribution in [0.5, 0.6) is 0 Å². The van der Waals surface area contributed by atoms with Crippen molar-refractivity contribution in [2.75, 3.05) is 6.61 Å². The first kappa shape index (κ1) is 17.5. The largest absolute Gasteiger partial charge is 0.449 e. The predicted octanol–water partition coefficient (Wildman–Crippen LogP) is 3.72. The summed E-state index contributed by atoms with van der Waals surface area (Å²) in [5.41, 5.74) is 0.422. The third kappa shape index (κ3) is 2.97. The van der Waals surface area contributed by atoms with Crippen molar-refractivity contribution in [1.29, 1.82) is 0 Å². The molecular weight excluding hydrogens is 306 g/mol. The third-order valence-electron chi connectivity index (χ3n) is 4.96. The first-order valence-electron chi connectivity index (χ1n) is 8.37. The van der Waals surface area contributed by atoms with Gasteiger partial charge >= 0.3 is 6.09 Å². The van der Waals surface area contributed by atoms with Gasteiger partial charge in [-0.1, -0.05) is 57.1 Å². The Kier molecular flexibility index (Phi) is 5.41. The number of carbonyl (C=O) groups excluding carboxylic acids is 1. The second kappa shape index (κ2) is 7.13. The molecule has 5 heteroatoms. The summed E-state index contributed by atoms with van der Waals surface area (Å²) in [5.74, 6) is 0. The maximum absolute atomic E-state index is 13.1. The molecule has 0 aliphatic heterocycles. The van der Waals surface area contributed by atoms with Gasteiger partial charge in [0.1, 0.15) is 0 Å². The Morgan fingerprint density at radius 1 is 1.09 bits per heavy atom. The Bertz CT molecular complexity index is 754. The van der Waals surface area contributed by atoms with Gasteiger partial charge in [0, 0.05) is 5.19 Å². The summed E-state index contributed by atoms with van der Waals surface area (Å²) in [6, 6.07) is 12.5. The molecule has 124 valence electrons. The maximum atomic E-state index is 13.1. The smallest absolute Gasteiger partial charge is 0.421 e. The van der Waals surface area contributed by atoms with Crippen LogP contribution < -0.4 is 10.7 Å². The highest BCUT2D eigenvalue weighted by atomic mass is 28.3. The molecule has 1 aromatic carbocycles. The molecule has 23 heavy (non-hydrogen) atoms. The van der Waals surface area contributed by atoms with Gasteiger partial charge in [-0.05, 0) is 24.4 Å². The molecule has 0 saturated carbocycles. The van der Waals surface area contributed by atoms with Crippen molar-refractivity contribution < 1.29 is 9.53 Å². The average molecular weight is 331 g/mol. The zero-order chi connectivity index (χ0) is 17.0. The Labute approximate surface area is 138 Å². The molecular formula is C18H25NO3Si. The fourth-order valence-corrected chi connectivity index (χ4v) is 7.00. The zero-order valence-corrected chi connectivity index (χ0v) is 15.4. The predicted molar refractivity (Wildman–Crippen MR) is 97.5 cm³/mol. The molecule has 0 N–H and O–H groups in total. The zero-order valence-electron chi connectivity index (χ0n) is 14.4. The quantitative estimate of drug-likeness (QED) is 0.785. The van der Waals surface area contributed by atoms with E-state index < -0.39 is 14.2 Å². The summed E-state index contributed by atoms with van der Waals surface area (Å²) in [5, 5.41) is 1.76. The van der Waals surface area contributed by atoms with E-state index in [1.165, 1.54) is 4.57 Å². The number of hydrogen-bond donors (Lipinski definition) is 0. The molecule has 0 radical (unpaired) electrons. The summed E-state index contributed by atoms with van der Waals surface area (Å²) in [6.45, 7) is 8.47. The molecule has 0 amide bonds. The molecule has 2 aromatic rings. The van der Waals surface area contributed by atoms with E-state index in [2.05, 4.69) is 20.8 Å². The van der Waals surface area contributed by atoms with E-state index in [1.54, 1.807) is 13.0 Å². The molecule has 0 atom stereocenters. The van der Waals surface area contributed by atoms with Crippen molar-refractivity contribution in [3.05, 3.63) is 40.7 Å². The molecule has 1 heterocycles. The first-order valence-corrected chi connectivity index (χ1v) is 11.0. The number of benzene rings is 1. The number of nitrogens with zero attached hydrogens (tertiary/aromatic N) is 1. The van der Waals surface area contributed by atoms with Gasteiger partial charge in [-0.15, -0.1) is 0 Å². The standard InChI is InChI=1S/C18H25NO3Si/c1-5-22-18(21)19-15-12-10-9-11-14(15)13-16(17(19)20)23(6-2,7-3)8-4/h9-13H,5-8H2,1-4H3. The van der Waals surface area contributed by atoms with Crippen LogP contribution in [0.15, 0.2) is 35.1 Å². The van der Waals surface area contributed by atoms with Crippen LogP contribution in [0.3, 0.4) is 0 Å². The molecule has 0 unspecified atom stereocenters. The van der Waals surface area contributed by atoms with Crippen LogP contribution in [0.2, 0.25) is 18.1 Å². The molecule has 1 aromatic heterocycles. The lowest BCUT2D eigenvalue weighted by Gasteiger charge is -2.28. The first-order chi connectivity index (χ1) is 11.0. The van der Waals surface area contributed by atoms with Crippen molar-refractivity contribution >= 4 is 30.3 Å². The summed E-state index contributed by atoms with van der Waals surface area (Å²) in [4.78, 5) is 25.5. The van der Waals surface area contributed by atoms with Crippen LogP contribution in [0.25, 0.3) is 10.9 Å². The van der Waals surface area contributed by atoms with E-state index in [1.807, 2.05) is 24.3 Å². The van der Waals surface area contributed by atoms with E-state index in [0.717, 1.165) is 28.7 Å². The molecule has 4 nitrogen and oxygen atoms in total. The van der Waals surface area contributed by atoms with Gasteiger partial charge in [0.25, 0.3) is 5.56 Å². The molecule has 0 fully saturated rings. The normalized spacial score (nSPS) is 11.7. The minimum atomic E-state index is -1.90. The number of carbonyl (C=O) groups is 1. The van der Waals surface area contributed by atoms with Crippen LogP contribution in [0.1, 0.15) is 27.7 Å². The summed E-state index contributed by atoms with van der Waals surface area (Å²) >= 11 is 0. The van der Waals surface area contributed by atoms with Crippen LogP contribution in [0.4, 0.5) is 4.79 Å². The van der Waals surface area contributed by atoms with Gasteiger partial charge in [0.05, 0.1) is 20.2 Å². The molecule has 0 aliphatic carbocycles. The number of ether oxygens (including phenoxy) is 1. The van der Waals surface area contributed by atoms with E-state index in [-0.39, 0.29) is 12.2 Å². The van der Waals surface area contributed by atoms with Crippen molar-refractivity contribution in [1.82, 2.24) is 4.57 Å². The Morgan fingerprint density at radius 2 is 1.70 bits per heavy atom. The number of para-hydroxylation sites is 1.